The number of carboxylic acid groups (broad SMARTS) is 1. The van der Waals surface area contributed by atoms with Gasteiger partial charge in [-0.2, -0.15) is 18.3 Å². The van der Waals surface area contributed by atoms with Crippen LogP contribution in [0.2, 0.25) is 0 Å². The normalized spacial score (nSPS) is 21.7. The number of rotatable bonds is 5. The zero-order valence-electron chi connectivity index (χ0n) is 18.2. The minimum Gasteiger partial charge on any atom is -0.475 e. The molecule has 3 aliphatic rings. The van der Waals surface area contributed by atoms with Crippen molar-refractivity contribution in [1.82, 2.24) is 24.9 Å². The SMILES string of the molecule is O=C(NCCC1CN(CC2CCCC2)Cc2ccnn21)N1CCCC1.O=C(O)C(F)(F)F. The second kappa shape index (κ2) is 11.0. The predicted molar refractivity (Wildman–Crippen MR) is 111 cm³/mol. The number of nitrogens with zero attached hydrogens (tertiary/aromatic N) is 4. The van der Waals surface area contributed by atoms with Crippen molar-refractivity contribution in [1.29, 1.82) is 0 Å². The zero-order chi connectivity index (χ0) is 23.1. The molecular weight excluding hydrogens is 427 g/mol. The molecule has 0 aromatic carbocycles. The second-order valence-corrected chi connectivity index (χ2v) is 8.78. The molecule has 1 aromatic heterocycles. The summed E-state index contributed by atoms with van der Waals surface area (Å²) in [6.45, 7) is 5.86. The third-order valence-corrected chi connectivity index (χ3v) is 6.33. The molecule has 1 unspecified atom stereocenters. The lowest BCUT2D eigenvalue weighted by Gasteiger charge is -2.35. The van der Waals surface area contributed by atoms with Crippen molar-refractivity contribution in [3.8, 4) is 0 Å². The van der Waals surface area contributed by atoms with Crippen LogP contribution in [0.4, 0.5) is 18.0 Å². The van der Waals surface area contributed by atoms with Crippen molar-refractivity contribution in [2.75, 3.05) is 32.7 Å². The fourth-order valence-corrected chi connectivity index (χ4v) is 4.75. The molecule has 2 fully saturated rings. The van der Waals surface area contributed by atoms with Gasteiger partial charge in [0.15, 0.2) is 0 Å². The van der Waals surface area contributed by atoms with Crippen LogP contribution in [0.25, 0.3) is 0 Å². The molecule has 0 bridgehead atoms. The fourth-order valence-electron chi connectivity index (χ4n) is 4.75. The molecule has 1 atom stereocenters. The summed E-state index contributed by atoms with van der Waals surface area (Å²) in [4.78, 5) is 25.6. The number of alkyl halides is 3. The third kappa shape index (κ3) is 6.85. The molecule has 1 saturated carbocycles. The monoisotopic (exact) mass is 459 g/mol. The van der Waals surface area contributed by atoms with Gasteiger partial charge in [0.25, 0.3) is 0 Å². The van der Waals surface area contributed by atoms with Crippen LogP contribution in [0.3, 0.4) is 0 Å². The Hall–Kier alpha value is -2.30. The predicted octanol–water partition coefficient (Wildman–Crippen LogP) is 3.26. The molecule has 8 nitrogen and oxygen atoms in total. The first-order valence-electron chi connectivity index (χ1n) is 11.3. The average Bonchev–Trinajstić information content (AvgIpc) is 3.50. The van der Waals surface area contributed by atoms with Crippen LogP contribution in [0.15, 0.2) is 12.3 Å². The summed E-state index contributed by atoms with van der Waals surface area (Å²) in [7, 11) is 0. The van der Waals surface area contributed by atoms with Crippen molar-refractivity contribution >= 4 is 12.0 Å². The van der Waals surface area contributed by atoms with E-state index in [1.54, 1.807) is 0 Å². The molecule has 180 valence electrons. The van der Waals surface area contributed by atoms with E-state index in [9.17, 15) is 18.0 Å². The summed E-state index contributed by atoms with van der Waals surface area (Å²) in [6, 6.07) is 2.63. The topological polar surface area (TPSA) is 90.7 Å². The van der Waals surface area contributed by atoms with Gasteiger partial charge in [-0.05, 0) is 44.1 Å². The van der Waals surface area contributed by atoms with Gasteiger partial charge in [0.05, 0.1) is 11.7 Å². The standard InChI is InChI=1S/C19H31N5O.C2HF3O2/c25-19(23-11-3-4-12-23)20-9-7-17-14-22(13-16-5-1-2-6-16)15-18-8-10-21-24(17)18;3-2(4,5)1(6)7/h8,10,16-17H,1-7,9,11-15H2,(H,20,25);(H,6,7). The number of fused-ring (bicyclic) bond motifs is 1. The van der Waals surface area contributed by atoms with Gasteiger partial charge in [-0.3, -0.25) is 9.58 Å². The van der Waals surface area contributed by atoms with E-state index in [4.69, 9.17) is 9.90 Å². The van der Waals surface area contributed by atoms with Crippen LogP contribution in [0, 0.1) is 5.92 Å². The average molecular weight is 460 g/mol. The van der Waals surface area contributed by atoms with Crippen LogP contribution in [-0.2, 0) is 11.3 Å². The van der Waals surface area contributed by atoms with Crippen LogP contribution in [0.5, 0.6) is 0 Å². The molecule has 4 rings (SSSR count). The molecule has 3 heterocycles. The third-order valence-electron chi connectivity index (χ3n) is 6.33. The van der Waals surface area contributed by atoms with E-state index in [0.717, 1.165) is 57.9 Å². The number of nitrogens with one attached hydrogen (secondary N) is 1. The number of carbonyl (C=O) groups excluding carboxylic acids is 1. The highest BCUT2D eigenvalue weighted by Crippen LogP contribution is 2.29. The van der Waals surface area contributed by atoms with Gasteiger partial charge >= 0.3 is 18.2 Å². The van der Waals surface area contributed by atoms with Gasteiger partial charge < -0.3 is 15.3 Å². The van der Waals surface area contributed by atoms with E-state index in [-0.39, 0.29) is 6.03 Å². The molecule has 1 saturated heterocycles. The van der Waals surface area contributed by atoms with Crippen molar-refractivity contribution in [3.05, 3.63) is 18.0 Å². The number of halogens is 3. The summed E-state index contributed by atoms with van der Waals surface area (Å²) in [5.74, 6) is -1.88. The molecule has 1 aliphatic carbocycles. The second-order valence-electron chi connectivity index (χ2n) is 8.78. The first kappa shape index (κ1) is 24.3. The molecule has 32 heavy (non-hydrogen) atoms. The van der Waals surface area contributed by atoms with E-state index in [2.05, 4.69) is 26.1 Å². The van der Waals surface area contributed by atoms with Gasteiger partial charge in [-0.15, -0.1) is 0 Å². The van der Waals surface area contributed by atoms with Gasteiger partial charge in [-0.25, -0.2) is 9.59 Å². The Kier molecular flexibility index (Phi) is 8.38. The lowest BCUT2D eigenvalue weighted by atomic mass is 10.0. The van der Waals surface area contributed by atoms with E-state index in [1.807, 2.05) is 11.1 Å². The number of carbonyl (C=O) groups is 2. The first-order valence-corrected chi connectivity index (χ1v) is 11.3. The molecule has 0 radical (unpaired) electrons. The van der Waals surface area contributed by atoms with Gasteiger partial charge in [0.2, 0.25) is 0 Å². The van der Waals surface area contributed by atoms with Crippen molar-refractivity contribution in [2.45, 2.75) is 63.7 Å². The minimum absolute atomic E-state index is 0.108. The van der Waals surface area contributed by atoms with Gasteiger partial charge in [0, 0.05) is 45.5 Å². The number of likely N-dealkylation sites (tertiary alicyclic amines) is 1. The Morgan fingerprint density at radius 2 is 1.81 bits per heavy atom. The van der Waals surface area contributed by atoms with Crippen LogP contribution in [-0.4, -0.2) is 75.6 Å². The molecule has 2 N–H and O–H groups in total. The smallest absolute Gasteiger partial charge is 0.475 e. The Labute approximate surface area is 185 Å². The Morgan fingerprint density at radius 3 is 2.44 bits per heavy atom. The molecule has 2 amide bonds. The lowest BCUT2D eigenvalue weighted by molar-refractivity contribution is -0.192. The van der Waals surface area contributed by atoms with E-state index < -0.39 is 12.1 Å². The van der Waals surface area contributed by atoms with Crippen LogP contribution < -0.4 is 5.32 Å². The Morgan fingerprint density at radius 1 is 1.16 bits per heavy atom. The number of carboxylic acids is 1. The maximum atomic E-state index is 12.2. The molecule has 2 aliphatic heterocycles. The maximum absolute atomic E-state index is 12.2. The van der Waals surface area contributed by atoms with Gasteiger partial charge in [0.1, 0.15) is 0 Å². The van der Waals surface area contributed by atoms with Gasteiger partial charge in [-0.1, -0.05) is 12.8 Å². The number of amides is 2. The van der Waals surface area contributed by atoms with E-state index in [0.29, 0.717) is 6.04 Å². The Bertz CT molecular complexity index is 758. The molecular formula is C21H32F3N5O3. The summed E-state index contributed by atoms with van der Waals surface area (Å²) >= 11 is 0. The maximum Gasteiger partial charge on any atom is 0.490 e. The number of aromatic nitrogens is 2. The summed E-state index contributed by atoms with van der Waals surface area (Å²) < 4.78 is 33.9. The summed E-state index contributed by atoms with van der Waals surface area (Å²) in [6.07, 6.45) is 5.68. The summed E-state index contributed by atoms with van der Waals surface area (Å²) in [5, 5.41) is 14.8. The van der Waals surface area contributed by atoms with Crippen molar-refractivity contribution < 1.29 is 27.9 Å². The largest absolute Gasteiger partial charge is 0.490 e. The quantitative estimate of drug-likeness (QED) is 0.706. The Balaban J connectivity index is 0.000000360. The summed E-state index contributed by atoms with van der Waals surface area (Å²) in [5.41, 5.74) is 1.32. The molecule has 11 heteroatoms. The van der Waals surface area contributed by atoms with Crippen LogP contribution in [0.1, 0.15) is 56.7 Å². The lowest BCUT2D eigenvalue weighted by Crippen LogP contribution is -2.42. The number of hydrogen-bond donors (Lipinski definition) is 2. The van der Waals surface area contributed by atoms with Crippen LogP contribution >= 0.6 is 0 Å². The van der Waals surface area contributed by atoms with Crippen molar-refractivity contribution in [3.63, 3.8) is 0 Å². The highest BCUT2D eigenvalue weighted by molar-refractivity contribution is 5.74. The first-order chi connectivity index (χ1) is 15.2. The molecule has 0 spiro atoms. The molecule has 1 aromatic rings. The zero-order valence-corrected chi connectivity index (χ0v) is 18.2. The van der Waals surface area contributed by atoms with Crippen molar-refractivity contribution in [2.24, 2.45) is 5.92 Å². The van der Waals surface area contributed by atoms with E-state index >= 15 is 0 Å². The number of aliphatic carboxylic acids is 1. The fraction of sp³-hybridized carbons (Fsp3) is 0.762. The van der Waals surface area contributed by atoms with E-state index in [1.165, 1.54) is 37.9 Å². The number of urea groups is 1. The highest BCUT2D eigenvalue weighted by Gasteiger charge is 2.38. The highest BCUT2D eigenvalue weighted by atomic mass is 19.4. The minimum atomic E-state index is -5.08. The number of hydrogen-bond acceptors (Lipinski definition) is 4.